The zero-order valence-corrected chi connectivity index (χ0v) is 17.9. The van der Waals surface area contributed by atoms with Gasteiger partial charge < -0.3 is 10.2 Å². The van der Waals surface area contributed by atoms with Gasteiger partial charge >= 0.3 is 0 Å². The molecule has 1 aliphatic heterocycles. The van der Waals surface area contributed by atoms with E-state index >= 15 is 0 Å². The number of hydrogen-bond acceptors (Lipinski definition) is 4. The van der Waals surface area contributed by atoms with Crippen LogP contribution < -0.4 is 10.2 Å². The number of nitrogens with zero attached hydrogens (tertiary/aromatic N) is 3. The van der Waals surface area contributed by atoms with Crippen LogP contribution in [0.4, 0.5) is 11.4 Å². The number of carbonyl (C=O) groups excluding carboxylic acids is 2. The second-order valence-corrected chi connectivity index (χ2v) is 8.28. The van der Waals surface area contributed by atoms with Crippen molar-refractivity contribution in [2.45, 2.75) is 31.8 Å². The Bertz CT molecular complexity index is 1090. The van der Waals surface area contributed by atoms with Crippen molar-refractivity contribution in [3.05, 3.63) is 66.0 Å². The van der Waals surface area contributed by atoms with E-state index in [0.717, 1.165) is 29.5 Å². The van der Waals surface area contributed by atoms with Crippen LogP contribution >= 0.6 is 11.8 Å². The molecule has 0 saturated carbocycles. The summed E-state index contributed by atoms with van der Waals surface area (Å²) < 4.78 is 2.01. The second-order valence-electron chi connectivity index (χ2n) is 7.33. The van der Waals surface area contributed by atoms with E-state index in [4.69, 9.17) is 0 Å². The Hall–Kier alpha value is -3.06. The van der Waals surface area contributed by atoms with Gasteiger partial charge in [0.2, 0.25) is 11.8 Å². The second kappa shape index (κ2) is 8.75. The molecule has 2 amide bonds. The minimum atomic E-state index is -0.111. The lowest BCUT2D eigenvalue weighted by atomic mass is 10.1. The Balaban J connectivity index is 1.41. The van der Waals surface area contributed by atoms with Gasteiger partial charge in [0, 0.05) is 36.7 Å². The van der Waals surface area contributed by atoms with Gasteiger partial charge in [-0.25, -0.2) is 4.98 Å². The number of aromatic nitrogens is 2. The van der Waals surface area contributed by atoms with Gasteiger partial charge in [-0.1, -0.05) is 30.0 Å². The number of aryl methyl sites for hydroxylation is 1. The van der Waals surface area contributed by atoms with Gasteiger partial charge in [0.05, 0.1) is 11.4 Å². The van der Waals surface area contributed by atoms with Crippen molar-refractivity contribution in [3.63, 3.8) is 0 Å². The van der Waals surface area contributed by atoms with Crippen LogP contribution in [-0.4, -0.2) is 33.7 Å². The topological polar surface area (TPSA) is 67.2 Å². The van der Waals surface area contributed by atoms with Crippen LogP contribution in [0.1, 0.15) is 24.0 Å². The summed E-state index contributed by atoms with van der Waals surface area (Å²) in [5, 5.41) is 3.70. The number of anilines is 2. The molecule has 4 rings (SSSR count). The van der Waals surface area contributed by atoms with Gasteiger partial charge in [0.15, 0.2) is 5.16 Å². The number of benzene rings is 2. The molecule has 1 aliphatic rings. The van der Waals surface area contributed by atoms with Crippen molar-refractivity contribution in [1.82, 2.24) is 9.55 Å². The molecule has 0 atom stereocenters. The Labute approximate surface area is 180 Å². The zero-order valence-electron chi connectivity index (χ0n) is 17.1. The third-order valence-electron chi connectivity index (χ3n) is 5.29. The van der Waals surface area contributed by atoms with E-state index in [9.17, 15) is 9.59 Å². The summed E-state index contributed by atoms with van der Waals surface area (Å²) >= 11 is 1.40. The molecule has 1 N–H and O–H groups in total. The van der Waals surface area contributed by atoms with Crippen LogP contribution in [0.2, 0.25) is 0 Å². The Morgan fingerprint density at radius 1 is 1.20 bits per heavy atom. The Morgan fingerprint density at radius 2 is 2.03 bits per heavy atom. The van der Waals surface area contributed by atoms with Crippen molar-refractivity contribution in [3.8, 4) is 5.69 Å². The fourth-order valence-electron chi connectivity index (χ4n) is 3.58. The van der Waals surface area contributed by atoms with E-state index in [2.05, 4.69) is 36.3 Å². The highest BCUT2D eigenvalue weighted by molar-refractivity contribution is 7.99. The van der Waals surface area contributed by atoms with E-state index < -0.39 is 0 Å². The third-order valence-corrected chi connectivity index (χ3v) is 6.26. The highest BCUT2D eigenvalue weighted by Crippen LogP contribution is 2.26. The molecule has 2 heterocycles. The van der Waals surface area contributed by atoms with Crippen molar-refractivity contribution in [1.29, 1.82) is 0 Å². The molecular formula is C23H24N4O2S. The molecular weight excluding hydrogens is 396 g/mol. The van der Waals surface area contributed by atoms with Crippen molar-refractivity contribution >= 4 is 35.0 Å². The highest BCUT2D eigenvalue weighted by Gasteiger charge is 2.21. The van der Waals surface area contributed by atoms with Gasteiger partial charge in [0.25, 0.3) is 0 Å². The first kappa shape index (κ1) is 20.2. The summed E-state index contributed by atoms with van der Waals surface area (Å²) in [5.41, 5.74) is 4.99. The predicted molar refractivity (Wildman–Crippen MR) is 120 cm³/mol. The number of amides is 2. The molecule has 2 aromatic carbocycles. The lowest BCUT2D eigenvalue weighted by molar-refractivity contribution is -0.117. The van der Waals surface area contributed by atoms with E-state index in [1.165, 1.54) is 22.9 Å². The summed E-state index contributed by atoms with van der Waals surface area (Å²) in [6, 6.07) is 13.6. The maximum absolute atomic E-state index is 12.5. The first-order valence-corrected chi connectivity index (χ1v) is 10.9. The third kappa shape index (κ3) is 4.26. The average Bonchev–Trinajstić information content (AvgIpc) is 3.37. The summed E-state index contributed by atoms with van der Waals surface area (Å²) in [6.07, 6.45) is 5.12. The first-order valence-electron chi connectivity index (χ1n) is 9.96. The molecule has 1 fully saturated rings. The van der Waals surface area contributed by atoms with E-state index in [-0.39, 0.29) is 17.6 Å². The van der Waals surface area contributed by atoms with Gasteiger partial charge in [-0.3, -0.25) is 14.2 Å². The normalized spacial score (nSPS) is 13.7. The minimum absolute atomic E-state index is 0.111. The van der Waals surface area contributed by atoms with Crippen LogP contribution in [0.15, 0.2) is 60.0 Å². The van der Waals surface area contributed by atoms with Crippen LogP contribution in [0.25, 0.3) is 5.69 Å². The van der Waals surface area contributed by atoms with E-state index in [1.54, 1.807) is 11.1 Å². The average molecular weight is 421 g/mol. The summed E-state index contributed by atoms with van der Waals surface area (Å²) in [7, 11) is 0. The molecule has 1 saturated heterocycles. The van der Waals surface area contributed by atoms with Gasteiger partial charge in [0.1, 0.15) is 0 Å². The maximum atomic E-state index is 12.5. The van der Waals surface area contributed by atoms with Crippen LogP contribution in [0.3, 0.4) is 0 Å². The predicted octanol–water partition coefficient (Wildman–Crippen LogP) is 4.35. The Morgan fingerprint density at radius 3 is 2.83 bits per heavy atom. The fourth-order valence-corrected chi connectivity index (χ4v) is 4.34. The molecule has 0 radical (unpaired) electrons. The fraction of sp³-hybridized carbons (Fsp3) is 0.261. The number of carbonyl (C=O) groups is 2. The lowest BCUT2D eigenvalue weighted by Crippen LogP contribution is -2.23. The number of hydrogen-bond donors (Lipinski definition) is 1. The van der Waals surface area contributed by atoms with Gasteiger partial charge in [-0.15, -0.1) is 0 Å². The molecule has 154 valence electrons. The zero-order chi connectivity index (χ0) is 21.1. The van der Waals surface area contributed by atoms with E-state index in [1.807, 2.05) is 41.1 Å². The quantitative estimate of drug-likeness (QED) is 0.602. The van der Waals surface area contributed by atoms with Crippen molar-refractivity contribution < 1.29 is 9.59 Å². The molecule has 0 spiro atoms. The largest absolute Gasteiger partial charge is 0.325 e. The SMILES string of the molecule is Cc1cccc(-n2ccnc2SCC(=O)Nc2cccc(N3CCCC3=O)c2)c1C. The molecule has 0 aliphatic carbocycles. The smallest absolute Gasteiger partial charge is 0.234 e. The van der Waals surface area contributed by atoms with Gasteiger partial charge in [-0.05, 0) is 55.7 Å². The summed E-state index contributed by atoms with van der Waals surface area (Å²) in [6.45, 7) is 4.90. The van der Waals surface area contributed by atoms with Crippen LogP contribution in [-0.2, 0) is 9.59 Å². The number of imidazole rings is 1. The van der Waals surface area contributed by atoms with Crippen LogP contribution in [0.5, 0.6) is 0 Å². The first-order chi connectivity index (χ1) is 14.5. The molecule has 7 heteroatoms. The highest BCUT2D eigenvalue weighted by atomic mass is 32.2. The lowest BCUT2D eigenvalue weighted by Gasteiger charge is -2.16. The standard InChI is InChI=1S/C23H24N4O2S/c1-16-6-3-9-20(17(16)2)27-13-11-24-23(27)30-15-21(28)25-18-7-4-8-19(14-18)26-12-5-10-22(26)29/h3-4,6-9,11,13-14H,5,10,12,15H2,1-2H3,(H,25,28). The van der Waals surface area contributed by atoms with Crippen molar-refractivity contribution in [2.24, 2.45) is 0 Å². The maximum Gasteiger partial charge on any atom is 0.234 e. The molecule has 0 bridgehead atoms. The number of thioether (sulfide) groups is 1. The molecule has 0 unspecified atom stereocenters. The Kier molecular flexibility index (Phi) is 5.90. The van der Waals surface area contributed by atoms with Crippen LogP contribution in [0, 0.1) is 13.8 Å². The summed E-state index contributed by atoms with van der Waals surface area (Å²) in [5.74, 6) is 0.266. The monoisotopic (exact) mass is 420 g/mol. The van der Waals surface area contributed by atoms with Crippen molar-refractivity contribution in [2.75, 3.05) is 22.5 Å². The molecule has 30 heavy (non-hydrogen) atoms. The molecule has 6 nitrogen and oxygen atoms in total. The minimum Gasteiger partial charge on any atom is -0.325 e. The number of rotatable bonds is 6. The number of nitrogens with one attached hydrogen (secondary N) is 1. The molecule has 1 aromatic heterocycles. The summed E-state index contributed by atoms with van der Waals surface area (Å²) in [4.78, 5) is 30.7. The molecule has 3 aromatic rings. The van der Waals surface area contributed by atoms with Gasteiger partial charge in [-0.2, -0.15) is 0 Å². The van der Waals surface area contributed by atoms with E-state index in [0.29, 0.717) is 12.1 Å².